The van der Waals surface area contributed by atoms with Crippen LogP contribution < -0.4 is 9.47 Å². The summed E-state index contributed by atoms with van der Waals surface area (Å²) in [6, 6.07) is 21.6. The van der Waals surface area contributed by atoms with Crippen molar-refractivity contribution in [2.24, 2.45) is 5.10 Å². The van der Waals surface area contributed by atoms with Crippen LogP contribution in [0.4, 0.5) is 0 Å². The van der Waals surface area contributed by atoms with Crippen molar-refractivity contribution in [2.75, 3.05) is 41.0 Å². The van der Waals surface area contributed by atoms with Gasteiger partial charge in [-0.25, -0.2) is 5.01 Å². The zero-order valence-electron chi connectivity index (χ0n) is 21.6. The predicted molar refractivity (Wildman–Crippen MR) is 146 cm³/mol. The Hall–Kier alpha value is -3.88. The van der Waals surface area contributed by atoms with Crippen molar-refractivity contribution >= 4 is 29.1 Å². The van der Waals surface area contributed by atoms with Crippen molar-refractivity contribution in [2.45, 2.75) is 12.5 Å². The van der Waals surface area contributed by atoms with Gasteiger partial charge in [0.05, 0.1) is 43.2 Å². The standard InChI is InChI=1S/C29H30ClN3O5/c1-36-16-15-32(29(35)24-9-4-5-10-25(24)30)19-28(34)33-27(20-11-13-22(37-2)14-12-20)18-26(31-33)21-7-6-8-23(17-21)38-3/h4-14,17,27H,15-16,18-19H2,1-3H3. The highest BCUT2D eigenvalue weighted by Gasteiger charge is 2.35. The zero-order valence-corrected chi connectivity index (χ0v) is 22.4. The number of halogens is 1. The summed E-state index contributed by atoms with van der Waals surface area (Å²) in [7, 11) is 4.76. The molecule has 3 aromatic carbocycles. The molecule has 9 heteroatoms. The second-order valence-corrected chi connectivity index (χ2v) is 9.12. The van der Waals surface area contributed by atoms with Gasteiger partial charge < -0.3 is 19.1 Å². The van der Waals surface area contributed by atoms with E-state index in [1.54, 1.807) is 45.6 Å². The molecule has 0 saturated heterocycles. The smallest absolute Gasteiger partial charge is 0.262 e. The van der Waals surface area contributed by atoms with Crippen LogP contribution in [0.3, 0.4) is 0 Å². The van der Waals surface area contributed by atoms with Crippen LogP contribution in [-0.2, 0) is 9.53 Å². The molecular weight excluding hydrogens is 506 g/mol. The third-order valence-electron chi connectivity index (χ3n) is 6.35. The van der Waals surface area contributed by atoms with E-state index in [-0.39, 0.29) is 37.6 Å². The molecule has 1 heterocycles. The Balaban J connectivity index is 1.65. The summed E-state index contributed by atoms with van der Waals surface area (Å²) >= 11 is 6.28. The Labute approximate surface area is 227 Å². The van der Waals surface area contributed by atoms with E-state index in [1.807, 2.05) is 48.5 Å². The average Bonchev–Trinajstić information content (AvgIpc) is 3.41. The van der Waals surface area contributed by atoms with Gasteiger partial charge in [0.15, 0.2) is 0 Å². The normalized spacial score (nSPS) is 14.7. The Bertz CT molecular complexity index is 1310. The van der Waals surface area contributed by atoms with E-state index in [1.165, 1.54) is 9.91 Å². The maximum atomic E-state index is 13.7. The number of hydrazone groups is 1. The fraction of sp³-hybridized carbons (Fsp3) is 0.276. The molecule has 0 bridgehead atoms. The van der Waals surface area contributed by atoms with Gasteiger partial charge in [-0.2, -0.15) is 5.10 Å². The first-order valence-electron chi connectivity index (χ1n) is 12.2. The number of benzene rings is 3. The lowest BCUT2D eigenvalue weighted by molar-refractivity contribution is -0.133. The van der Waals surface area contributed by atoms with E-state index in [0.29, 0.717) is 22.8 Å². The summed E-state index contributed by atoms with van der Waals surface area (Å²) in [6.07, 6.45) is 0.502. The summed E-state index contributed by atoms with van der Waals surface area (Å²) in [5, 5.41) is 6.53. The monoisotopic (exact) mass is 535 g/mol. The average molecular weight is 536 g/mol. The van der Waals surface area contributed by atoms with Gasteiger partial charge in [-0.1, -0.05) is 48.0 Å². The van der Waals surface area contributed by atoms with Gasteiger partial charge in [0.2, 0.25) is 0 Å². The molecule has 38 heavy (non-hydrogen) atoms. The van der Waals surface area contributed by atoms with E-state index < -0.39 is 0 Å². The molecule has 4 rings (SSSR count). The number of carbonyl (C=O) groups is 2. The summed E-state index contributed by atoms with van der Waals surface area (Å²) in [6.45, 7) is 0.304. The van der Waals surface area contributed by atoms with E-state index in [4.69, 9.17) is 30.9 Å². The highest BCUT2D eigenvalue weighted by molar-refractivity contribution is 6.33. The first-order chi connectivity index (χ1) is 18.4. The van der Waals surface area contributed by atoms with E-state index >= 15 is 0 Å². The van der Waals surface area contributed by atoms with Crippen LogP contribution in [0.5, 0.6) is 11.5 Å². The van der Waals surface area contributed by atoms with Crippen LogP contribution in [0.25, 0.3) is 0 Å². The summed E-state index contributed by atoms with van der Waals surface area (Å²) < 4.78 is 15.9. The lowest BCUT2D eigenvalue weighted by atomic mass is 9.98. The molecule has 1 atom stereocenters. The molecule has 0 N–H and O–H groups in total. The second-order valence-electron chi connectivity index (χ2n) is 8.71. The molecule has 0 aliphatic carbocycles. The molecule has 1 unspecified atom stereocenters. The summed E-state index contributed by atoms with van der Waals surface area (Å²) in [5.74, 6) is 0.750. The fourth-order valence-electron chi connectivity index (χ4n) is 4.30. The molecule has 3 aromatic rings. The topological polar surface area (TPSA) is 80.7 Å². The molecule has 198 valence electrons. The Morgan fingerprint density at radius 1 is 0.974 bits per heavy atom. The zero-order chi connectivity index (χ0) is 27.1. The van der Waals surface area contributed by atoms with Gasteiger partial charge in [0.25, 0.3) is 11.8 Å². The molecule has 2 amide bonds. The number of amides is 2. The number of ether oxygens (including phenoxy) is 3. The van der Waals surface area contributed by atoms with Gasteiger partial charge in [-0.05, 0) is 42.0 Å². The number of hydrogen-bond donors (Lipinski definition) is 0. The minimum atomic E-state index is -0.353. The van der Waals surface area contributed by atoms with E-state index in [0.717, 1.165) is 22.6 Å². The predicted octanol–water partition coefficient (Wildman–Crippen LogP) is 4.82. The second kappa shape index (κ2) is 12.6. The molecule has 0 fully saturated rings. The van der Waals surface area contributed by atoms with E-state index in [2.05, 4.69) is 0 Å². The third-order valence-corrected chi connectivity index (χ3v) is 6.68. The van der Waals surface area contributed by atoms with Gasteiger partial charge in [0, 0.05) is 25.6 Å². The molecule has 1 aliphatic rings. The molecule has 0 saturated carbocycles. The quantitative estimate of drug-likeness (QED) is 0.372. The number of methoxy groups -OCH3 is 3. The number of hydrogen-bond acceptors (Lipinski definition) is 6. The molecule has 0 spiro atoms. The SMILES string of the molecule is COCCN(CC(=O)N1N=C(c2cccc(OC)c2)CC1c1ccc(OC)cc1)C(=O)c1ccccc1Cl. The third kappa shape index (κ3) is 6.15. The van der Waals surface area contributed by atoms with Crippen molar-refractivity contribution in [3.63, 3.8) is 0 Å². The molecule has 0 radical (unpaired) electrons. The van der Waals surface area contributed by atoms with E-state index in [9.17, 15) is 9.59 Å². The first-order valence-corrected chi connectivity index (χ1v) is 12.5. The molecule has 1 aliphatic heterocycles. The fourth-order valence-corrected chi connectivity index (χ4v) is 4.51. The van der Waals surface area contributed by atoms with Crippen molar-refractivity contribution in [3.05, 3.63) is 94.5 Å². The minimum Gasteiger partial charge on any atom is -0.497 e. The Morgan fingerprint density at radius 2 is 1.71 bits per heavy atom. The number of rotatable bonds is 10. The van der Waals surface area contributed by atoms with Gasteiger partial charge >= 0.3 is 0 Å². The van der Waals surface area contributed by atoms with Crippen LogP contribution in [0.15, 0.2) is 77.9 Å². The Kier molecular flexibility index (Phi) is 8.99. The number of carbonyl (C=O) groups excluding carboxylic acids is 2. The first kappa shape index (κ1) is 27.2. The number of nitrogens with zero attached hydrogens (tertiary/aromatic N) is 3. The lowest BCUT2D eigenvalue weighted by Gasteiger charge is -2.27. The lowest BCUT2D eigenvalue weighted by Crippen LogP contribution is -2.42. The van der Waals surface area contributed by atoms with Gasteiger partial charge in [-0.15, -0.1) is 0 Å². The van der Waals surface area contributed by atoms with Crippen molar-refractivity contribution in [1.29, 1.82) is 0 Å². The molecular formula is C29H30ClN3O5. The highest BCUT2D eigenvalue weighted by Crippen LogP contribution is 2.34. The maximum absolute atomic E-state index is 13.7. The summed E-state index contributed by atoms with van der Waals surface area (Å²) in [4.78, 5) is 28.5. The van der Waals surface area contributed by atoms with Crippen LogP contribution in [0.1, 0.15) is 33.9 Å². The van der Waals surface area contributed by atoms with Crippen LogP contribution in [0, 0.1) is 0 Å². The minimum absolute atomic E-state index is 0.186. The van der Waals surface area contributed by atoms with Crippen molar-refractivity contribution in [1.82, 2.24) is 9.91 Å². The molecule has 0 aromatic heterocycles. The summed E-state index contributed by atoms with van der Waals surface area (Å²) in [5.41, 5.74) is 2.84. The maximum Gasteiger partial charge on any atom is 0.262 e. The Morgan fingerprint density at radius 3 is 2.39 bits per heavy atom. The van der Waals surface area contributed by atoms with Crippen LogP contribution in [-0.4, -0.2) is 68.5 Å². The van der Waals surface area contributed by atoms with Crippen molar-refractivity contribution in [3.8, 4) is 11.5 Å². The largest absolute Gasteiger partial charge is 0.497 e. The molecule has 8 nitrogen and oxygen atoms in total. The van der Waals surface area contributed by atoms with Crippen LogP contribution in [0.2, 0.25) is 5.02 Å². The van der Waals surface area contributed by atoms with Gasteiger partial charge in [0.1, 0.15) is 18.0 Å². The van der Waals surface area contributed by atoms with Gasteiger partial charge in [-0.3, -0.25) is 9.59 Å². The van der Waals surface area contributed by atoms with Crippen molar-refractivity contribution < 1.29 is 23.8 Å². The highest BCUT2D eigenvalue weighted by atomic mass is 35.5. The van der Waals surface area contributed by atoms with Crippen LogP contribution >= 0.6 is 11.6 Å².